The maximum absolute atomic E-state index is 11.0. The Balaban J connectivity index is 2.33. The first kappa shape index (κ1) is 14.9. The van der Waals surface area contributed by atoms with E-state index in [1.54, 1.807) is 30.3 Å². The van der Waals surface area contributed by atoms with Gasteiger partial charge in [0.15, 0.2) is 0 Å². The fraction of sp³-hybridized carbons (Fsp3) is 0.0667. The molecule has 21 heavy (non-hydrogen) atoms. The van der Waals surface area contributed by atoms with E-state index in [1.165, 1.54) is 13.0 Å². The molecule has 0 aliphatic rings. The molecular formula is C15H12ClNO4. The maximum atomic E-state index is 11.0. The van der Waals surface area contributed by atoms with Crippen molar-refractivity contribution in [2.75, 3.05) is 0 Å². The molecule has 2 N–H and O–H groups in total. The van der Waals surface area contributed by atoms with E-state index in [0.29, 0.717) is 22.1 Å². The van der Waals surface area contributed by atoms with E-state index in [-0.39, 0.29) is 5.70 Å². The van der Waals surface area contributed by atoms with Crippen molar-refractivity contribution in [1.29, 1.82) is 0 Å². The zero-order chi connectivity index (χ0) is 15.4. The summed E-state index contributed by atoms with van der Waals surface area (Å²) in [7, 11) is 0. The lowest BCUT2D eigenvalue weighted by atomic mass is 10.2. The minimum atomic E-state index is -1.25. The molecule has 0 aliphatic heterocycles. The summed E-state index contributed by atoms with van der Waals surface area (Å²) in [5, 5.41) is 11.8. The Morgan fingerprint density at radius 2 is 1.95 bits per heavy atom. The first-order valence-corrected chi connectivity index (χ1v) is 6.42. The molecule has 0 saturated heterocycles. The van der Waals surface area contributed by atoms with Crippen LogP contribution in [0.15, 0.2) is 46.5 Å². The molecule has 0 saturated carbocycles. The number of hydrogen-bond acceptors (Lipinski definition) is 3. The average Bonchev–Trinajstić information content (AvgIpc) is 2.86. The third kappa shape index (κ3) is 3.73. The maximum Gasteiger partial charge on any atom is 0.352 e. The second-order valence-electron chi connectivity index (χ2n) is 4.23. The number of amides is 1. The van der Waals surface area contributed by atoms with Crippen LogP contribution in [-0.4, -0.2) is 17.0 Å². The molecular weight excluding hydrogens is 294 g/mol. The van der Waals surface area contributed by atoms with Crippen molar-refractivity contribution >= 4 is 29.6 Å². The Kier molecular flexibility index (Phi) is 4.45. The lowest BCUT2D eigenvalue weighted by molar-refractivity contribution is -0.134. The van der Waals surface area contributed by atoms with Crippen molar-refractivity contribution < 1.29 is 19.1 Å². The molecule has 0 bridgehead atoms. The smallest absolute Gasteiger partial charge is 0.352 e. The van der Waals surface area contributed by atoms with Gasteiger partial charge < -0.3 is 14.8 Å². The van der Waals surface area contributed by atoms with Gasteiger partial charge in [-0.3, -0.25) is 4.79 Å². The van der Waals surface area contributed by atoms with Crippen LogP contribution in [-0.2, 0) is 9.59 Å². The van der Waals surface area contributed by atoms with E-state index in [0.717, 1.165) is 0 Å². The molecule has 1 aromatic carbocycles. The molecule has 0 spiro atoms. The summed E-state index contributed by atoms with van der Waals surface area (Å²) in [5.74, 6) is -0.905. The molecule has 0 radical (unpaired) electrons. The first-order chi connectivity index (χ1) is 9.97. The molecule has 5 nitrogen and oxygen atoms in total. The van der Waals surface area contributed by atoms with Gasteiger partial charge >= 0.3 is 5.97 Å². The van der Waals surface area contributed by atoms with Crippen LogP contribution in [0.2, 0.25) is 5.02 Å². The van der Waals surface area contributed by atoms with Crippen molar-refractivity contribution in [3.05, 3.63) is 52.9 Å². The first-order valence-electron chi connectivity index (χ1n) is 6.04. The molecule has 2 aromatic rings. The number of carboxylic acids is 1. The van der Waals surface area contributed by atoms with Gasteiger partial charge in [0.2, 0.25) is 5.91 Å². The quantitative estimate of drug-likeness (QED) is 0.850. The fourth-order valence-electron chi connectivity index (χ4n) is 1.72. The fourth-order valence-corrected chi connectivity index (χ4v) is 1.95. The van der Waals surface area contributed by atoms with Crippen LogP contribution in [0, 0.1) is 0 Å². The SMILES string of the molecule is CC(=O)N/C(=C/c1ccc(-c2ccccc2Cl)o1)C(=O)O. The Bertz CT molecular complexity index is 718. The average molecular weight is 306 g/mol. The third-order valence-corrected chi connectivity index (χ3v) is 2.92. The lowest BCUT2D eigenvalue weighted by Gasteiger charge is -2.01. The lowest BCUT2D eigenvalue weighted by Crippen LogP contribution is -2.24. The summed E-state index contributed by atoms with van der Waals surface area (Å²) in [6, 6.07) is 10.4. The van der Waals surface area contributed by atoms with E-state index in [4.69, 9.17) is 21.1 Å². The van der Waals surface area contributed by atoms with E-state index < -0.39 is 11.9 Å². The molecule has 2 rings (SSSR count). The van der Waals surface area contributed by atoms with E-state index in [2.05, 4.69) is 5.32 Å². The monoisotopic (exact) mass is 305 g/mol. The minimum Gasteiger partial charge on any atom is -0.477 e. The summed E-state index contributed by atoms with van der Waals surface area (Å²) in [4.78, 5) is 22.0. The Morgan fingerprint density at radius 3 is 2.57 bits per heavy atom. The van der Waals surface area contributed by atoms with Crippen LogP contribution in [0.25, 0.3) is 17.4 Å². The van der Waals surface area contributed by atoms with Gasteiger partial charge in [-0.25, -0.2) is 4.79 Å². The minimum absolute atomic E-state index is 0.262. The van der Waals surface area contributed by atoms with Crippen LogP contribution in [0.4, 0.5) is 0 Å². The number of hydrogen-bond donors (Lipinski definition) is 2. The molecule has 0 aliphatic carbocycles. The van der Waals surface area contributed by atoms with Gasteiger partial charge in [0, 0.05) is 18.6 Å². The van der Waals surface area contributed by atoms with Gasteiger partial charge in [0.1, 0.15) is 17.2 Å². The van der Waals surface area contributed by atoms with Crippen molar-refractivity contribution in [3.63, 3.8) is 0 Å². The van der Waals surface area contributed by atoms with Crippen LogP contribution in [0.3, 0.4) is 0 Å². The van der Waals surface area contributed by atoms with Gasteiger partial charge in [-0.15, -0.1) is 0 Å². The Hall–Kier alpha value is -2.53. The number of carbonyl (C=O) groups is 2. The van der Waals surface area contributed by atoms with Gasteiger partial charge in [-0.2, -0.15) is 0 Å². The summed E-state index contributed by atoms with van der Waals surface area (Å²) in [5.41, 5.74) is 0.442. The second-order valence-corrected chi connectivity index (χ2v) is 4.63. The highest BCUT2D eigenvalue weighted by molar-refractivity contribution is 6.33. The summed E-state index contributed by atoms with van der Waals surface area (Å²) < 4.78 is 5.54. The van der Waals surface area contributed by atoms with Crippen LogP contribution >= 0.6 is 11.6 Å². The molecule has 0 fully saturated rings. The highest BCUT2D eigenvalue weighted by Gasteiger charge is 2.12. The number of nitrogens with one attached hydrogen (secondary N) is 1. The van der Waals surface area contributed by atoms with Crippen molar-refractivity contribution in [1.82, 2.24) is 5.32 Å². The second kappa shape index (κ2) is 6.28. The molecule has 1 heterocycles. The third-order valence-electron chi connectivity index (χ3n) is 2.59. The van der Waals surface area contributed by atoms with Gasteiger partial charge in [-0.1, -0.05) is 23.7 Å². The largest absolute Gasteiger partial charge is 0.477 e. The standard InChI is InChI=1S/C15H12ClNO4/c1-9(18)17-13(15(19)20)8-10-6-7-14(21-10)11-4-2-3-5-12(11)16/h2-8H,1H3,(H,17,18)(H,19,20)/b13-8+. The van der Waals surface area contributed by atoms with E-state index in [9.17, 15) is 9.59 Å². The van der Waals surface area contributed by atoms with Crippen molar-refractivity contribution in [3.8, 4) is 11.3 Å². The van der Waals surface area contributed by atoms with Gasteiger partial charge in [-0.05, 0) is 24.3 Å². The molecule has 0 unspecified atom stereocenters. The molecule has 1 aromatic heterocycles. The van der Waals surface area contributed by atoms with Gasteiger partial charge in [0.05, 0.1) is 5.02 Å². The highest BCUT2D eigenvalue weighted by atomic mass is 35.5. The van der Waals surface area contributed by atoms with E-state index in [1.807, 2.05) is 6.07 Å². The number of benzene rings is 1. The number of furan rings is 1. The zero-order valence-corrected chi connectivity index (χ0v) is 11.8. The highest BCUT2D eigenvalue weighted by Crippen LogP contribution is 2.29. The summed E-state index contributed by atoms with van der Waals surface area (Å²) in [6.45, 7) is 1.23. The number of rotatable bonds is 4. The van der Waals surface area contributed by atoms with Crippen LogP contribution < -0.4 is 5.32 Å². The zero-order valence-electron chi connectivity index (χ0n) is 11.1. The summed E-state index contributed by atoms with van der Waals surface area (Å²) >= 11 is 6.07. The van der Waals surface area contributed by atoms with Crippen LogP contribution in [0.5, 0.6) is 0 Å². The van der Waals surface area contributed by atoms with Crippen molar-refractivity contribution in [2.45, 2.75) is 6.92 Å². The molecule has 0 atom stereocenters. The Labute approximate surface area is 125 Å². The van der Waals surface area contributed by atoms with Crippen LogP contribution in [0.1, 0.15) is 12.7 Å². The number of halogens is 1. The summed E-state index contributed by atoms with van der Waals surface area (Å²) in [6.07, 6.45) is 1.24. The number of aliphatic carboxylic acids is 1. The van der Waals surface area contributed by atoms with Gasteiger partial charge in [0.25, 0.3) is 0 Å². The predicted molar refractivity (Wildman–Crippen MR) is 78.6 cm³/mol. The number of carboxylic acid groups (broad SMARTS) is 1. The topological polar surface area (TPSA) is 79.5 Å². The number of carbonyl (C=O) groups excluding carboxylic acids is 1. The predicted octanol–water partition coefficient (Wildman–Crippen LogP) is 3.16. The van der Waals surface area contributed by atoms with E-state index >= 15 is 0 Å². The molecule has 6 heteroatoms. The normalized spacial score (nSPS) is 11.2. The Morgan fingerprint density at radius 1 is 1.24 bits per heavy atom. The molecule has 108 valence electrons. The molecule has 1 amide bonds. The van der Waals surface area contributed by atoms with Crippen molar-refractivity contribution in [2.24, 2.45) is 0 Å².